The summed E-state index contributed by atoms with van der Waals surface area (Å²) in [6, 6.07) is 9.31. The van der Waals surface area contributed by atoms with Crippen LogP contribution >= 0.6 is 27.3 Å². The van der Waals surface area contributed by atoms with E-state index < -0.39 is 4.92 Å². The molecule has 0 spiro atoms. The Labute approximate surface area is 136 Å². The Kier molecular flexibility index (Phi) is 4.68. The van der Waals surface area contributed by atoms with Crippen molar-refractivity contribution in [1.29, 1.82) is 0 Å². The van der Waals surface area contributed by atoms with Crippen LogP contribution in [0.1, 0.15) is 30.5 Å². The summed E-state index contributed by atoms with van der Waals surface area (Å²) >= 11 is 4.95. The molecule has 1 N–H and O–H groups in total. The molecule has 1 heterocycles. The van der Waals surface area contributed by atoms with Gasteiger partial charge in [0.05, 0.1) is 9.40 Å². The molecule has 0 unspecified atom stereocenters. The molecule has 0 fully saturated rings. The standard InChI is InChI=1S/C15H17BrN2O2S/c1-15(2,3)14-7-5-11(21-14)9-17-10-4-6-12(16)13(8-10)18(19)20/h4-8,17H,9H2,1-3H3. The van der Waals surface area contributed by atoms with Crippen LogP contribution in [0.2, 0.25) is 0 Å². The molecule has 112 valence electrons. The first-order valence-corrected chi connectivity index (χ1v) is 8.15. The summed E-state index contributed by atoms with van der Waals surface area (Å²) in [6.45, 7) is 7.23. The van der Waals surface area contributed by atoms with Crippen LogP contribution in [0.3, 0.4) is 0 Å². The van der Waals surface area contributed by atoms with E-state index in [0.29, 0.717) is 11.0 Å². The van der Waals surface area contributed by atoms with Crippen LogP contribution < -0.4 is 5.32 Å². The SMILES string of the molecule is CC(C)(C)c1ccc(CNc2ccc(Br)c([N+](=O)[O-])c2)s1. The minimum absolute atomic E-state index is 0.0709. The van der Waals surface area contributed by atoms with E-state index in [1.807, 2.05) is 6.07 Å². The Morgan fingerprint density at radius 2 is 2.00 bits per heavy atom. The minimum Gasteiger partial charge on any atom is -0.380 e. The summed E-state index contributed by atoms with van der Waals surface area (Å²) in [4.78, 5) is 13.1. The van der Waals surface area contributed by atoms with E-state index in [0.717, 1.165) is 5.69 Å². The van der Waals surface area contributed by atoms with Gasteiger partial charge in [-0.05, 0) is 45.6 Å². The predicted octanol–water partition coefficient (Wildman–Crippen LogP) is 5.33. The van der Waals surface area contributed by atoms with Crippen LogP contribution in [-0.2, 0) is 12.0 Å². The molecule has 6 heteroatoms. The van der Waals surface area contributed by atoms with E-state index in [9.17, 15) is 10.1 Å². The number of nitrogens with zero attached hydrogens (tertiary/aromatic N) is 1. The third kappa shape index (κ3) is 4.04. The fraction of sp³-hybridized carbons (Fsp3) is 0.333. The molecule has 4 nitrogen and oxygen atoms in total. The summed E-state index contributed by atoms with van der Waals surface area (Å²) in [5.74, 6) is 0. The first-order valence-electron chi connectivity index (χ1n) is 6.54. The molecule has 0 saturated heterocycles. The van der Waals surface area contributed by atoms with Gasteiger partial charge in [-0.3, -0.25) is 10.1 Å². The predicted molar refractivity (Wildman–Crippen MR) is 91.1 cm³/mol. The molecule has 0 saturated carbocycles. The number of thiophene rings is 1. The molecule has 0 amide bonds. The summed E-state index contributed by atoms with van der Waals surface area (Å²) in [6.07, 6.45) is 0. The maximum Gasteiger partial charge on any atom is 0.285 e. The van der Waals surface area contributed by atoms with Gasteiger partial charge in [0.1, 0.15) is 0 Å². The Morgan fingerprint density at radius 3 is 2.57 bits per heavy atom. The Balaban J connectivity index is 2.08. The van der Waals surface area contributed by atoms with E-state index in [1.54, 1.807) is 23.5 Å². The van der Waals surface area contributed by atoms with Crippen LogP contribution in [0.15, 0.2) is 34.8 Å². The van der Waals surface area contributed by atoms with Crippen LogP contribution in [0.5, 0.6) is 0 Å². The van der Waals surface area contributed by atoms with Gasteiger partial charge in [-0.2, -0.15) is 0 Å². The summed E-state index contributed by atoms with van der Waals surface area (Å²) in [7, 11) is 0. The molecule has 2 aromatic rings. The number of hydrogen-bond donors (Lipinski definition) is 1. The van der Waals surface area contributed by atoms with Crippen LogP contribution in [0, 0.1) is 10.1 Å². The highest BCUT2D eigenvalue weighted by molar-refractivity contribution is 9.10. The number of nitro benzene ring substituents is 1. The van der Waals surface area contributed by atoms with Gasteiger partial charge >= 0.3 is 0 Å². The summed E-state index contributed by atoms with van der Waals surface area (Å²) in [5.41, 5.74) is 0.969. The Hall–Kier alpha value is -1.40. The number of benzene rings is 1. The molecular formula is C15H17BrN2O2S. The highest BCUT2D eigenvalue weighted by Crippen LogP contribution is 2.31. The lowest BCUT2D eigenvalue weighted by Crippen LogP contribution is -2.07. The molecule has 2 rings (SSSR count). The van der Waals surface area contributed by atoms with Crippen LogP contribution in [0.4, 0.5) is 11.4 Å². The van der Waals surface area contributed by atoms with Crippen molar-refractivity contribution in [2.24, 2.45) is 0 Å². The number of anilines is 1. The van der Waals surface area contributed by atoms with Crippen molar-refractivity contribution in [1.82, 2.24) is 0 Å². The maximum atomic E-state index is 10.9. The zero-order chi connectivity index (χ0) is 15.6. The third-order valence-electron chi connectivity index (χ3n) is 3.01. The lowest BCUT2D eigenvalue weighted by molar-refractivity contribution is -0.385. The molecule has 0 aliphatic rings. The maximum absolute atomic E-state index is 10.9. The molecule has 1 aromatic heterocycles. The normalized spacial score (nSPS) is 11.4. The van der Waals surface area contributed by atoms with Crippen molar-refractivity contribution in [3.63, 3.8) is 0 Å². The lowest BCUT2D eigenvalue weighted by atomic mass is 9.95. The second-order valence-corrected chi connectivity index (χ2v) is 7.82. The van der Waals surface area contributed by atoms with Crippen molar-refractivity contribution >= 4 is 38.6 Å². The highest BCUT2D eigenvalue weighted by Gasteiger charge is 2.16. The fourth-order valence-electron chi connectivity index (χ4n) is 1.83. The molecule has 0 radical (unpaired) electrons. The first kappa shape index (κ1) is 16.0. The van der Waals surface area contributed by atoms with Gasteiger partial charge in [0, 0.05) is 28.1 Å². The summed E-state index contributed by atoms with van der Waals surface area (Å²) < 4.78 is 0.490. The van der Waals surface area contributed by atoms with Crippen molar-refractivity contribution in [2.45, 2.75) is 32.7 Å². The van der Waals surface area contributed by atoms with Crippen molar-refractivity contribution < 1.29 is 4.92 Å². The van der Waals surface area contributed by atoms with Crippen molar-refractivity contribution in [3.05, 3.63) is 54.7 Å². The number of halogens is 1. The van der Waals surface area contributed by atoms with E-state index >= 15 is 0 Å². The molecule has 1 aromatic carbocycles. The molecular weight excluding hydrogens is 352 g/mol. The van der Waals surface area contributed by atoms with Gasteiger partial charge in [0.15, 0.2) is 0 Å². The lowest BCUT2D eigenvalue weighted by Gasteiger charge is -2.15. The van der Waals surface area contributed by atoms with Gasteiger partial charge < -0.3 is 5.32 Å². The molecule has 0 atom stereocenters. The van der Waals surface area contributed by atoms with E-state index in [-0.39, 0.29) is 11.1 Å². The van der Waals surface area contributed by atoms with Gasteiger partial charge in [-0.25, -0.2) is 0 Å². The van der Waals surface area contributed by atoms with Gasteiger partial charge in [-0.15, -0.1) is 11.3 Å². The Bertz CT molecular complexity index is 662. The van der Waals surface area contributed by atoms with E-state index in [1.165, 1.54) is 9.75 Å². The van der Waals surface area contributed by atoms with E-state index in [4.69, 9.17) is 0 Å². The zero-order valence-corrected chi connectivity index (χ0v) is 14.5. The number of rotatable bonds is 4. The average Bonchev–Trinajstić information content (AvgIpc) is 2.86. The van der Waals surface area contributed by atoms with Gasteiger partial charge in [0.2, 0.25) is 0 Å². The van der Waals surface area contributed by atoms with Gasteiger partial charge in [-0.1, -0.05) is 20.8 Å². The number of nitro groups is 1. The molecule has 0 aliphatic carbocycles. The third-order valence-corrected chi connectivity index (χ3v) is 5.19. The fourth-order valence-corrected chi connectivity index (χ4v) is 3.22. The second kappa shape index (κ2) is 6.15. The minimum atomic E-state index is -0.391. The zero-order valence-electron chi connectivity index (χ0n) is 12.1. The molecule has 0 aliphatic heterocycles. The number of hydrogen-bond acceptors (Lipinski definition) is 4. The average molecular weight is 369 g/mol. The highest BCUT2D eigenvalue weighted by atomic mass is 79.9. The summed E-state index contributed by atoms with van der Waals surface area (Å²) in [5, 5.41) is 14.1. The van der Waals surface area contributed by atoms with Crippen molar-refractivity contribution in [3.8, 4) is 0 Å². The molecule has 21 heavy (non-hydrogen) atoms. The topological polar surface area (TPSA) is 55.2 Å². The van der Waals surface area contributed by atoms with Crippen LogP contribution in [-0.4, -0.2) is 4.92 Å². The largest absolute Gasteiger partial charge is 0.380 e. The monoisotopic (exact) mass is 368 g/mol. The van der Waals surface area contributed by atoms with E-state index in [2.05, 4.69) is 54.2 Å². The van der Waals surface area contributed by atoms with Gasteiger partial charge in [0.25, 0.3) is 5.69 Å². The smallest absolute Gasteiger partial charge is 0.285 e. The van der Waals surface area contributed by atoms with Crippen molar-refractivity contribution in [2.75, 3.05) is 5.32 Å². The first-order chi connectivity index (χ1) is 9.77. The van der Waals surface area contributed by atoms with Crippen LogP contribution in [0.25, 0.3) is 0 Å². The second-order valence-electron chi connectivity index (χ2n) is 5.79. The Morgan fingerprint density at radius 1 is 1.29 bits per heavy atom. The molecule has 0 bridgehead atoms. The quantitative estimate of drug-likeness (QED) is 0.586. The number of nitrogens with one attached hydrogen (secondary N) is 1.